The van der Waals surface area contributed by atoms with Crippen LogP contribution in [0.3, 0.4) is 0 Å². The van der Waals surface area contributed by atoms with Crippen molar-refractivity contribution in [1.29, 1.82) is 0 Å². The third kappa shape index (κ3) is 1.99. The van der Waals surface area contributed by atoms with Crippen molar-refractivity contribution in [3.8, 4) is 0 Å². The van der Waals surface area contributed by atoms with Gasteiger partial charge in [-0.05, 0) is 19.1 Å². The van der Waals surface area contributed by atoms with Crippen LogP contribution in [-0.4, -0.2) is 13.7 Å². The number of hydrogen-bond donors (Lipinski definition) is 1. The van der Waals surface area contributed by atoms with Crippen molar-refractivity contribution < 1.29 is 8.76 Å². The van der Waals surface area contributed by atoms with Crippen molar-refractivity contribution in [2.24, 2.45) is 0 Å². The Hall–Kier alpha value is -0.450. The first-order valence-electron chi connectivity index (χ1n) is 2.85. The topological polar surface area (TPSA) is 50.2 Å². The highest BCUT2D eigenvalue weighted by Gasteiger charge is 2.06. The fraction of sp³-hybridized carbons (Fsp3) is 0.167. The predicted molar refractivity (Wildman–Crippen MR) is 43.0 cm³/mol. The van der Waals surface area contributed by atoms with Gasteiger partial charge in [-0.1, -0.05) is 11.6 Å². The Morgan fingerprint density at radius 2 is 2.27 bits per heavy atom. The molecule has 0 amide bonds. The molecule has 0 bridgehead atoms. The predicted octanol–water partition coefficient (Wildman–Crippen LogP) is 1.62. The molecule has 3 nitrogen and oxygen atoms in total. The van der Waals surface area contributed by atoms with E-state index in [-0.39, 0.29) is 10.0 Å². The summed E-state index contributed by atoms with van der Waals surface area (Å²) in [5, 5.41) is 0.0887. The van der Waals surface area contributed by atoms with E-state index in [0.29, 0.717) is 0 Å². The third-order valence-electron chi connectivity index (χ3n) is 1.14. The number of nitrogens with zero attached hydrogens (tertiary/aromatic N) is 1. The first-order valence-corrected chi connectivity index (χ1v) is 4.33. The summed E-state index contributed by atoms with van der Waals surface area (Å²) in [6, 6.07) is 3.12. The number of hydrogen-bond acceptors (Lipinski definition) is 2. The SMILES string of the molecule is Cc1ccc(S(=O)O)c(Cl)n1. The molecule has 0 saturated heterocycles. The molecule has 1 aromatic rings. The molecule has 60 valence electrons. The highest BCUT2D eigenvalue weighted by molar-refractivity contribution is 7.79. The molecule has 0 aliphatic heterocycles. The van der Waals surface area contributed by atoms with Crippen molar-refractivity contribution in [3.63, 3.8) is 0 Å². The fourth-order valence-electron chi connectivity index (χ4n) is 0.643. The quantitative estimate of drug-likeness (QED) is 0.542. The molecule has 1 rings (SSSR count). The molecule has 11 heavy (non-hydrogen) atoms. The van der Waals surface area contributed by atoms with Gasteiger partial charge in [0.15, 0.2) is 11.1 Å². The highest BCUT2D eigenvalue weighted by atomic mass is 35.5. The summed E-state index contributed by atoms with van der Waals surface area (Å²) in [5.74, 6) is 0. The molecule has 1 atom stereocenters. The van der Waals surface area contributed by atoms with Crippen molar-refractivity contribution in [2.45, 2.75) is 11.8 Å². The van der Waals surface area contributed by atoms with Crippen molar-refractivity contribution in [2.75, 3.05) is 0 Å². The van der Waals surface area contributed by atoms with Gasteiger partial charge in [0.1, 0.15) is 10.0 Å². The zero-order valence-electron chi connectivity index (χ0n) is 5.74. The lowest BCUT2D eigenvalue weighted by Crippen LogP contribution is -1.92. The van der Waals surface area contributed by atoms with Crippen LogP contribution in [0.4, 0.5) is 0 Å². The van der Waals surface area contributed by atoms with E-state index in [1.165, 1.54) is 6.07 Å². The molecule has 1 heterocycles. The van der Waals surface area contributed by atoms with Crippen LogP contribution in [0, 0.1) is 6.92 Å². The van der Waals surface area contributed by atoms with Gasteiger partial charge >= 0.3 is 0 Å². The molecule has 1 unspecified atom stereocenters. The first kappa shape index (κ1) is 8.64. The Bertz CT molecular complexity index is 303. The third-order valence-corrected chi connectivity index (χ3v) is 2.25. The average Bonchev–Trinajstić information content (AvgIpc) is 1.85. The molecule has 0 saturated carbocycles. The Morgan fingerprint density at radius 3 is 2.73 bits per heavy atom. The lowest BCUT2D eigenvalue weighted by atomic mass is 10.4. The summed E-state index contributed by atoms with van der Waals surface area (Å²) in [4.78, 5) is 3.96. The van der Waals surface area contributed by atoms with Crippen LogP contribution >= 0.6 is 11.6 Å². The van der Waals surface area contributed by atoms with Crippen LogP contribution in [0.25, 0.3) is 0 Å². The molecule has 0 aliphatic rings. The molecule has 0 aliphatic carbocycles. The number of rotatable bonds is 1. The van der Waals surface area contributed by atoms with Gasteiger partial charge in [0.05, 0.1) is 0 Å². The van der Waals surface area contributed by atoms with Crippen LogP contribution in [0.5, 0.6) is 0 Å². The van der Waals surface area contributed by atoms with Crippen LogP contribution < -0.4 is 0 Å². The normalized spacial score (nSPS) is 13.0. The summed E-state index contributed by atoms with van der Waals surface area (Å²) in [6.45, 7) is 1.76. The molecule has 1 N–H and O–H groups in total. The van der Waals surface area contributed by atoms with Crippen LogP contribution in [-0.2, 0) is 11.1 Å². The highest BCUT2D eigenvalue weighted by Crippen LogP contribution is 2.15. The van der Waals surface area contributed by atoms with E-state index in [0.717, 1.165) is 5.69 Å². The number of aryl methyl sites for hydroxylation is 1. The lowest BCUT2D eigenvalue weighted by molar-refractivity contribution is 0.564. The second-order valence-corrected chi connectivity index (χ2v) is 3.29. The van der Waals surface area contributed by atoms with Gasteiger partial charge in [-0.2, -0.15) is 0 Å². The van der Waals surface area contributed by atoms with Gasteiger partial charge in [-0.25, -0.2) is 9.19 Å². The minimum atomic E-state index is -2.04. The molecular formula is C6H6ClNO2S. The minimum Gasteiger partial charge on any atom is -0.302 e. The summed E-state index contributed by atoms with van der Waals surface area (Å²) in [7, 11) is 0. The molecule has 1 aromatic heterocycles. The molecule has 0 fully saturated rings. The van der Waals surface area contributed by atoms with Crippen molar-refractivity contribution >= 4 is 22.7 Å². The minimum absolute atomic E-state index is 0.0887. The number of pyridine rings is 1. The van der Waals surface area contributed by atoms with E-state index in [1.54, 1.807) is 13.0 Å². The zero-order valence-corrected chi connectivity index (χ0v) is 7.32. The lowest BCUT2D eigenvalue weighted by Gasteiger charge is -1.97. The smallest absolute Gasteiger partial charge is 0.189 e. The Labute approximate surface area is 71.7 Å². The van der Waals surface area contributed by atoms with Crippen LogP contribution in [0.15, 0.2) is 17.0 Å². The monoisotopic (exact) mass is 191 g/mol. The number of aromatic nitrogens is 1. The Morgan fingerprint density at radius 1 is 1.64 bits per heavy atom. The summed E-state index contributed by atoms with van der Waals surface area (Å²) in [5.41, 5.74) is 0.726. The first-order chi connectivity index (χ1) is 5.11. The molecule has 0 aromatic carbocycles. The van der Waals surface area contributed by atoms with Gasteiger partial charge in [0.25, 0.3) is 0 Å². The van der Waals surface area contributed by atoms with Gasteiger partial charge in [-0.3, -0.25) is 0 Å². The maximum atomic E-state index is 10.5. The molecule has 0 radical (unpaired) electrons. The van der Waals surface area contributed by atoms with Crippen molar-refractivity contribution in [1.82, 2.24) is 4.98 Å². The average molecular weight is 192 g/mol. The van der Waals surface area contributed by atoms with E-state index in [1.807, 2.05) is 0 Å². The van der Waals surface area contributed by atoms with Gasteiger partial charge < -0.3 is 4.55 Å². The molecular weight excluding hydrogens is 186 g/mol. The summed E-state index contributed by atoms with van der Waals surface area (Å²) < 4.78 is 19.2. The second kappa shape index (κ2) is 3.30. The zero-order chi connectivity index (χ0) is 8.43. The largest absolute Gasteiger partial charge is 0.302 e. The fourth-order valence-corrected chi connectivity index (χ4v) is 1.41. The van der Waals surface area contributed by atoms with Crippen LogP contribution in [0.1, 0.15) is 5.69 Å². The van der Waals surface area contributed by atoms with Crippen LogP contribution in [0.2, 0.25) is 5.15 Å². The van der Waals surface area contributed by atoms with Gasteiger partial charge in [-0.15, -0.1) is 0 Å². The van der Waals surface area contributed by atoms with E-state index in [9.17, 15) is 4.21 Å². The van der Waals surface area contributed by atoms with E-state index in [2.05, 4.69) is 4.98 Å². The van der Waals surface area contributed by atoms with E-state index >= 15 is 0 Å². The van der Waals surface area contributed by atoms with Gasteiger partial charge in [0.2, 0.25) is 0 Å². The standard InChI is InChI=1S/C6H6ClNO2S/c1-4-2-3-5(11(9)10)6(7)8-4/h2-3H,1H3,(H,9,10). The molecule has 0 spiro atoms. The number of halogens is 1. The summed E-state index contributed by atoms with van der Waals surface area (Å²) >= 11 is 3.52. The maximum absolute atomic E-state index is 10.5. The maximum Gasteiger partial charge on any atom is 0.189 e. The van der Waals surface area contributed by atoms with E-state index in [4.69, 9.17) is 16.2 Å². The second-order valence-electron chi connectivity index (χ2n) is 1.99. The summed E-state index contributed by atoms with van der Waals surface area (Å²) in [6.07, 6.45) is 0. The Kier molecular flexibility index (Phi) is 2.59. The van der Waals surface area contributed by atoms with E-state index < -0.39 is 11.1 Å². The van der Waals surface area contributed by atoms with Crippen molar-refractivity contribution in [3.05, 3.63) is 23.0 Å². The van der Waals surface area contributed by atoms with Gasteiger partial charge in [0, 0.05) is 5.69 Å². The molecule has 5 heteroatoms. The Balaban J connectivity index is 3.20.